The molecule has 1 aromatic rings. The van der Waals surface area contributed by atoms with Crippen LogP contribution in [0, 0.1) is 5.92 Å². The van der Waals surface area contributed by atoms with Crippen LogP contribution in [0.3, 0.4) is 0 Å². The Balaban J connectivity index is 1.93. The number of benzene rings is 1. The van der Waals surface area contributed by atoms with Crippen molar-refractivity contribution < 1.29 is 0 Å². The molecule has 0 saturated heterocycles. The smallest absolute Gasteiger partial charge is 0.0337 e. The molecule has 0 nitrogen and oxygen atoms in total. The van der Waals surface area contributed by atoms with Crippen LogP contribution in [0.5, 0.6) is 0 Å². The van der Waals surface area contributed by atoms with Crippen molar-refractivity contribution in [1.29, 1.82) is 0 Å². The summed E-state index contributed by atoms with van der Waals surface area (Å²) in [4.78, 5) is 1.44. The summed E-state index contributed by atoms with van der Waals surface area (Å²) in [7, 11) is 0. The van der Waals surface area contributed by atoms with Crippen molar-refractivity contribution in [1.82, 2.24) is 0 Å². The molecule has 0 saturated carbocycles. The Kier molecular flexibility index (Phi) is 3.50. The van der Waals surface area contributed by atoms with Gasteiger partial charge in [-0.25, -0.2) is 0 Å². The Morgan fingerprint density at radius 2 is 1.91 bits per heavy atom. The van der Waals surface area contributed by atoms with Gasteiger partial charge in [0, 0.05) is 19.8 Å². The molecule has 3 aliphatic rings. The van der Waals surface area contributed by atoms with Gasteiger partial charge < -0.3 is 0 Å². The first kappa shape index (κ1) is 14.6. The lowest BCUT2D eigenvalue weighted by Gasteiger charge is -2.09. The number of hydrogen-bond acceptors (Lipinski definition) is 1. The molecule has 0 aromatic heterocycles. The molecule has 22 heavy (non-hydrogen) atoms. The summed E-state index contributed by atoms with van der Waals surface area (Å²) in [5.74, 6) is 0.552. The molecule has 1 aromatic carbocycles. The predicted molar refractivity (Wildman–Crippen MR) is 101 cm³/mol. The minimum Gasteiger partial charge on any atom is -0.118 e. The summed E-state index contributed by atoms with van der Waals surface area (Å²) >= 11 is 5.89. The molecule has 0 amide bonds. The Bertz CT molecular complexity index is 871. The highest BCUT2D eigenvalue weighted by molar-refractivity contribution is 9.10. The van der Waals surface area contributed by atoms with Crippen molar-refractivity contribution >= 4 is 44.9 Å². The van der Waals surface area contributed by atoms with Gasteiger partial charge in [0.2, 0.25) is 0 Å². The minimum absolute atomic E-state index is 0.552. The van der Waals surface area contributed by atoms with Gasteiger partial charge in [-0.2, -0.15) is 0 Å². The molecule has 112 valence electrons. The molecular weight excluding hydrogens is 352 g/mol. The zero-order chi connectivity index (χ0) is 15.4. The van der Waals surface area contributed by atoms with Crippen LogP contribution in [-0.2, 0) is 0 Å². The number of halogens is 1. The Morgan fingerprint density at radius 1 is 1.18 bits per heavy atom. The van der Waals surface area contributed by atoms with Gasteiger partial charge in [0.15, 0.2) is 0 Å². The molecule has 0 N–H and O–H groups in total. The summed E-state index contributed by atoms with van der Waals surface area (Å²) in [6, 6.07) is 2.43. The summed E-state index contributed by atoms with van der Waals surface area (Å²) in [6.07, 6.45) is 12.4. The molecule has 2 heteroatoms. The Labute approximate surface area is 144 Å². The van der Waals surface area contributed by atoms with Crippen molar-refractivity contribution in [2.45, 2.75) is 37.3 Å². The Morgan fingerprint density at radius 3 is 2.64 bits per heavy atom. The molecule has 1 atom stereocenters. The number of thioether (sulfide) groups is 1. The fourth-order valence-electron chi connectivity index (χ4n) is 3.61. The number of allylic oxidation sites excluding steroid dienone is 5. The number of rotatable bonds is 2. The van der Waals surface area contributed by atoms with Gasteiger partial charge in [-0.05, 0) is 83.1 Å². The van der Waals surface area contributed by atoms with Crippen LogP contribution >= 0.6 is 27.7 Å². The highest BCUT2D eigenvalue weighted by Gasteiger charge is 2.24. The SMILES string of the molecule is CC1=Cc2c(Br)c3c(cc2=C1CC1C=CC=C1)SC(C)C=3C. The summed E-state index contributed by atoms with van der Waals surface area (Å²) in [5, 5.41) is 3.46. The third kappa shape index (κ3) is 2.11. The maximum absolute atomic E-state index is 3.90. The molecule has 1 heterocycles. The molecule has 1 unspecified atom stereocenters. The van der Waals surface area contributed by atoms with Crippen molar-refractivity contribution in [2.24, 2.45) is 5.92 Å². The van der Waals surface area contributed by atoms with Gasteiger partial charge >= 0.3 is 0 Å². The van der Waals surface area contributed by atoms with Crippen molar-refractivity contribution in [3.05, 3.63) is 56.4 Å². The zero-order valence-electron chi connectivity index (χ0n) is 13.1. The van der Waals surface area contributed by atoms with Crippen LogP contribution < -0.4 is 10.4 Å². The van der Waals surface area contributed by atoms with E-state index in [-0.39, 0.29) is 0 Å². The second-order valence-corrected chi connectivity index (χ2v) is 8.59. The van der Waals surface area contributed by atoms with Crippen LogP contribution in [0.15, 0.2) is 45.3 Å². The fourth-order valence-corrected chi connectivity index (χ4v) is 5.84. The molecule has 0 spiro atoms. The topological polar surface area (TPSA) is 0 Å². The molecule has 1 aliphatic heterocycles. The van der Waals surface area contributed by atoms with Crippen LogP contribution in [-0.4, -0.2) is 5.25 Å². The first-order valence-corrected chi connectivity index (χ1v) is 9.50. The van der Waals surface area contributed by atoms with E-state index in [1.54, 1.807) is 0 Å². The zero-order valence-corrected chi connectivity index (χ0v) is 15.5. The Hall–Kier alpha value is -0.990. The lowest BCUT2D eigenvalue weighted by molar-refractivity contribution is 0.855. The van der Waals surface area contributed by atoms with Crippen LogP contribution in [0.1, 0.15) is 32.8 Å². The summed E-state index contributed by atoms with van der Waals surface area (Å²) < 4.78 is 1.29. The summed E-state index contributed by atoms with van der Waals surface area (Å²) in [6.45, 7) is 6.82. The van der Waals surface area contributed by atoms with E-state index < -0.39 is 0 Å². The third-order valence-electron chi connectivity index (χ3n) is 5.01. The number of fused-ring (bicyclic) bond motifs is 2. The first-order valence-electron chi connectivity index (χ1n) is 7.83. The third-order valence-corrected chi connectivity index (χ3v) is 7.11. The molecule has 0 fully saturated rings. The molecule has 4 rings (SSSR count). The highest BCUT2D eigenvalue weighted by Crippen LogP contribution is 2.36. The highest BCUT2D eigenvalue weighted by atomic mass is 79.9. The van der Waals surface area contributed by atoms with Gasteiger partial charge in [0.25, 0.3) is 0 Å². The van der Waals surface area contributed by atoms with Crippen LogP contribution in [0.4, 0.5) is 0 Å². The van der Waals surface area contributed by atoms with Crippen molar-refractivity contribution in [3.63, 3.8) is 0 Å². The van der Waals surface area contributed by atoms with Gasteiger partial charge in [-0.3, -0.25) is 0 Å². The van der Waals surface area contributed by atoms with Crippen LogP contribution in [0.25, 0.3) is 17.2 Å². The van der Waals surface area contributed by atoms with Gasteiger partial charge in [0.05, 0.1) is 0 Å². The van der Waals surface area contributed by atoms with E-state index in [0.29, 0.717) is 11.2 Å². The lowest BCUT2D eigenvalue weighted by atomic mass is 9.96. The van der Waals surface area contributed by atoms with Crippen molar-refractivity contribution in [2.75, 3.05) is 0 Å². The average Bonchev–Trinajstić information content (AvgIpc) is 3.15. The molecule has 2 aliphatic carbocycles. The monoisotopic (exact) mass is 370 g/mol. The maximum atomic E-state index is 3.90. The lowest BCUT2D eigenvalue weighted by Crippen LogP contribution is -2.18. The average molecular weight is 371 g/mol. The van der Waals surface area contributed by atoms with Crippen molar-refractivity contribution in [3.8, 4) is 0 Å². The standard InChI is InChI=1S/C20H19BrS/c1-11-8-17-16(15(11)9-14-6-4-5-7-14)10-18-19(20(17)21)12(2)13(3)22-18/h4-8,10,13-14H,9H2,1-3H3. The van der Waals surface area contributed by atoms with E-state index in [9.17, 15) is 0 Å². The van der Waals surface area contributed by atoms with E-state index in [1.807, 2.05) is 11.8 Å². The largest absolute Gasteiger partial charge is 0.118 e. The van der Waals surface area contributed by atoms with Gasteiger partial charge in [-0.1, -0.05) is 29.9 Å². The maximum Gasteiger partial charge on any atom is 0.0337 e. The van der Waals surface area contributed by atoms with Crippen LogP contribution in [0.2, 0.25) is 0 Å². The summed E-state index contributed by atoms with van der Waals surface area (Å²) in [5.41, 5.74) is 5.81. The second-order valence-electron chi connectivity index (χ2n) is 6.41. The van der Waals surface area contributed by atoms with E-state index in [0.717, 1.165) is 6.42 Å². The minimum atomic E-state index is 0.552. The van der Waals surface area contributed by atoms with E-state index in [1.165, 1.54) is 42.1 Å². The van der Waals surface area contributed by atoms with E-state index >= 15 is 0 Å². The number of hydrogen-bond donors (Lipinski definition) is 0. The quantitative estimate of drug-likeness (QED) is 0.719. The second kappa shape index (κ2) is 5.28. The molecule has 0 radical (unpaired) electrons. The first-order chi connectivity index (χ1) is 10.6. The fraction of sp³-hybridized carbons (Fsp3) is 0.300. The predicted octanol–water partition coefficient (Wildman–Crippen LogP) is 4.81. The van der Waals surface area contributed by atoms with Gasteiger partial charge in [-0.15, -0.1) is 11.8 Å². The molecule has 0 bridgehead atoms. The van der Waals surface area contributed by atoms with E-state index in [4.69, 9.17) is 0 Å². The molecular formula is C20H19BrS. The van der Waals surface area contributed by atoms with E-state index in [2.05, 4.69) is 73.1 Å². The van der Waals surface area contributed by atoms with Gasteiger partial charge in [0.1, 0.15) is 0 Å². The normalized spacial score (nSPS) is 22.5.